The van der Waals surface area contributed by atoms with E-state index in [0.717, 1.165) is 18.9 Å². The molecule has 116 valence electrons. The van der Waals surface area contributed by atoms with Gasteiger partial charge < -0.3 is 15.0 Å². The molecule has 0 unspecified atom stereocenters. The third kappa shape index (κ3) is 3.60. The SMILES string of the molecule is FC(F)Oc1cccc(Nc2cc(N3CCCC3)ncn2)c1. The Morgan fingerprint density at radius 1 is 1.14 bits per heavy atom. The van der Waals surface area contributed by atoms with E-state index in [1.165, 1.54) is 31.3 Å². The number of alkyl halides is 2. The summed E-state index contributed by atoms with van der Waals surface area (Å²) in [5.74, 6) is 1.59. The van der Waals surface area contributed by atoms with Gasteiger partial charge in [-0.15, -0.1) is 0 Å². The van der Waals surface area contributed by atoms with Gasteiger partial charge in [-0.3, -0.25) is 0 Å². The van der Waals surface area contributed by atoms with Crippen LogP contribution in [0.25, 0.3) is 0 Å². The summed E-state index contributed by atoms with van der Waals surface area (Å²) in [4.78, 5) is 10.6. The van der Waals surface area contributed by atoms with Crippen molar-refractivity contribution in [1.82, 2.24) is 9.97 Å². The van der Waals surface area contributed by atoms with E-state index in [4.69, 9.17) is 0 Å². The monoisotopic (exact) mass is 306 g/mol. The van der Waals surface area contributed by atoms with Crippen molar-refractivity contribution < 1.29 is 13.5 Å². The molecule has 0 bridgehead atoms. The zero-order valence-electron chi connectivity index (χ0n) is 11.9. The summed E-state index contributed by atoms with van der Waals surface area (Å²) in [7, 11) is 0. The average Bonchev–Trinajstić information content (AvgIpc) is 3.01. The first-order chi connectivity index (χ1) is 10.7. The van der Waals surface area contributed by atoms with Gasteiger partial charge in [0.05, 0.1) is 0 Å². The van der Waals surface area contributed by atoms with E-state index < -0.39 is 6.61 Å². The van der Waals surface area contributed by atoms with Crippen molar-refractivity contribution in [3.05, 3.63) is 36.7 Å². The largest absolute Gasteiger partial charge is 0.435 e. The fourth-order valence-electron chi connectivity index (χ4n) is 2.43. The quantitative estimate of drug-likeness (QED) is 0.917. The molecule has 0 atom stereocenters. The number of nitrogens with zero attached hydrogens (tertiary/aromatic N) is 3. The molecule has 0 radical (unpaired) electrons. The molecule has 3 rings (SSSR count). The Kier molecular flexibility index (Phi) is 4.32. The van der Waals surface area contributed by atoms with Crippen LogP contribution in [0.2, 0.25) is 0 Å². The van der Waals surface area contributed by atoms with Crippen molar-refractivity contribution in [3.63, 3.8) is 0 Å². The fourth-order valence-corrected chi connectivity index (χ4v) is 2.43. The van der Waals surface area contributed by atoms with E-state index in [-0.39, 0.29) is 5.75 Å². The second-order valence-corrected chi connectivity index (χ2v) is 4.99. The molecule has 1 aliphatic heterocycles. The number of hydrogen-bond acceptors (Lipinski definition) is 5. The van der Waals surface area contributed by atoms with Crippen LogP contribution < -0.4 is 15.0 Å². The van der Waals surface area contributed by atoms with Crippen LogP contribution >= 0.6 is 0 Å². The number of anilines is 3. The average molecular weight is 306 g/mol. The lowest BCUT2D eigenvalue weighted by atomic mass is 10.3. The topological polar surface area (TPSA) is 50.3 Å². The number of hydrogen-bond donors (Lipinski definition) is 1. The summed E-state index contributed by atoms with van der Waals surface area (Å²) in [5.41, 5.74) is 0.629. The van der Waals surface area contributed by atoms with E-state index in [2.05, 4.69) is 24.9 Å². The Balaban J connectivity index is 1.74. The molecule has 1 saturated heterocycles. The van der Waals surface area contributed by atoms with Gasteiger partial charge in [-0.25, -0.2) is 9.97 Å². The summed E-state index contributed by atoms with van der Waals surface area (Å²) in [6, 6.07) is 8.24. The molecule has 5 nitrogen and oxygen atoms in total. The molecular weight excluding hydrogens is 290 g/mol. The van der Waals surface area contributed by atoms with E-state index in [1.54, 1.807) is 12.1 Å². The van der Waals surface area contributed by atoms with Crippen LogP contribution in [-0.4, -0.2) is 29.7 Å². The first kappa shape index (κ1) is 14.5. The molecule has 0 amide bonds. The summed E-state index contributed by atoms with van der Waals surface area (Å²) >= 11 is 0. The van der Waals surface area contributed by atoms with Gasteiger partial charge in [-0.05, 0) is 25.0 Å². The van der Waals surface area contributed by atoms with Crippen molar-refractivity contribution in [2.75, 3.05) is 23.3 Å². The summed E-state index contributed by atoms with van der Waals surface area (Å²) in [5, 5.41) is 3.08. The molecule has 0 spiro atoms. The van der Waals surface area contributed by atoms with Crippen LogP contribution in [0.3, 0.4) is 0 Å². The van der Waals surface area contributed by atoms with Crippen molar-refractivity contribution in [2.24, 2.45) is 0 Å². The number of halogens is 2. The van der Waals surface area contributed by atoms with Crippen LogP contribution in [0.5, 0.6) is 5.75 Å². The minimum atomic E-state index is -2.84. The van der Waals surface area contributed by atoms with Gasteiger partial charge in [0.1, 0.15) is 23.7 Å². The highest BCUT2D eigenvalue weighted by Gasteiger charge is 2.14. The molecular formula is C15H16F2N4O. The second-order valence-electron chi connectivity index (χ2n) is 4.99. The Morgan fingerprint density at radius 3 is 2.73 bits per heavy atom. The maximum Gasteiger partial charge on any atom is 0.387 e. The smallest absolute Gasteiger partial charge is 0.387 e. The van der Waals surface area contributed by atoms with Gasteiger partial charge in [0.15, 0.2) is 0 Å². The predicted molar refractivity (Wildman–Crippen MR) is 79.8 cm³/mol. The molecule has 2 aromatic rings. The Morgan fingerprint density at radius 2 is 1.95 bits per heavy atom. The first-order valence-corrected chi connectivity index (χ1v) is 7.09. The van der Waals surface area contributed by atoms with E-state index >= 15 is 0 Å². The maximum absolute atomic E-state index is 12.2. The van der Waals surface area contributed by atoms with E-state index in [0.29, 0.717) is 11.5 Å². The lowest BCUT2D eigenvalue weighted by molar-refractivity contribution is -0.0497. The molecule has 7 heteroatoms. The minimum absolute atomic E-state index is 0.105. The Bertz CT molecular complexity index is 632. The zero-order chi connectivity index (χ0) is 15.4. The lowest BCUT2D eigenvalue weighted by Crippen LogP contribution is -2.19. The van der Waals surface area contributed by atoms with Crippen LogP contribution in [-0.2, 0) is 0 Å². The molecule has 1 fully saturated rings. The van der Waals surface area contributed by atoms with E-state index in [1.807, 2.05) is 6.07 Å². The van der Waals surface area contributed by atoms with Gasteiger partial charge in [0, 0.05) is 30.9 Å². The third-order valence-corrected chi connectivity index (χ3v) is 3.41. The van der Waals surface area contributed by atoms with Crippen LogP contribution in [0.1, 0.15) is 12.8 Å². The fraction of sp³-hybridized carbons (Fsp3) is 0.333. The molecule has 1 aromatic heterocycles. The summed E-state index contributed by atoms with van der Waals surface area (Å²) in [6.07, 6.45) is 3.83. The van der Waals surface area contributed by atoms with Crippen LogP contribution in [0.4, 0.5) is 26.1 Å². The van der Waals surface area contributed by atoms with Crippen molar-refractivity contribution in [2.45, 2.75) is 19.5 Å². The van der Waals surface area contributed by atoms with E-state index in [9.17, 15) is 8.78 Å². The Labute approximate surface area is 127 Å². The van der Waals surface area contributed by atoms with Gasteiger partial charge in [0.25, 0.3) is 0 Å². The number of benzene rings is 1. The molecule has 22 heavy (non-hydrogen) atoms. The van der Waals surface area contributed by atoms with Crippen LogP contribution in [0.15, 0.2) is 36.7 Å². The van der Waals surface area contributed by atoms with Gasteiger partial charge >= 0.3 is 6.61 Å². The second kappa shape index (κ2) is 6.55. The summed E-state index contributed by atoms with van der Waals surface area (Å²) in [6.45, 7) is -0.849. The highest BCUT2D eigenvalue weighted by molar-refractivity contribution is 5.60. The minimum Gasteiger partial charge on any atom is -0.435 e. The van der Waals surface area contributed by atoms with Crippen molar-refractivity contribution in [3.8, 4) is 5.75 Å². The van der Waals surface area contributed by atoms with Crippen molar-refractivity contribution in [1.29, 1.82) is 0 Å². The number of rotatable bonds is 5. The molecule has 1 N–H and O–H groups in total. The molecule has 0 saturated carbocycles. The number of nitrogens with one attached hydrogen (secondary N) is 1. The number of ether oxygens (including phenoxy) is 1. The summed E-state index contributed by atoms with van der Waals surface area (Å²) < 4.78 is 28.9. The standard InChI is InChI=1S/C15H16F2N4O/c16-15(17)22-12-5-3-4-11(8-12)20-13-9-14(19-10-18-13)21-6-1-2-7-21/h3-5,8-10,15H,1-2,6-7H2,(H,18,19,20). The predicted octanol–water partition coefficient (Wildman–Crippen LogP) is 3.42. The zero-order valence-corrected chi connectivity index (χ0v) is 11.9. The van der Waals surface area contributed by atoms with Crippen LogP contribution in [0, 0.1) is 0 Å². The maximum atomic E-state index is 12.2. The van der Waals surface area contributed by atoms with Gasteiger partial charge in [0.2, 0.25) is 0 Å². The molecule has 1 aromatic carbocycles. The highest BCUT2D eigenvalue weighted by atomic mass is 19.3. The van der Waals surface area contributed by atoms with Gasteiger partial charge in [-0.1, -0.05) is 6.07 Å². The number of aromatic nitrogens is 2. The van der Waals surface area contributed by atoms with Gasteiger partial charge in [-0.2, -0.15) is 8.78 Å². The third-order valence-electron chi connectivity index (χ3n) is 3.41. The highest BCUT2D eigenvalue weighted by Crippen LogP contribution is 2.24. The molecule has 0 aliphatic carbocycles. The lowest BCUT2D eigenvalue weighted by Gasteiger charge is -2.16. The molecule has 2 heterocycles. The first-order valence-electron chi connectivity index (χ1n) is 7.09. The Hall–Kier alpha value is -2.44. The molecule has 1 aliphatic rings. The normalized spacial score (nSPS) is 14.4. The van der Waals surface area contributed by atoms with Crippen molar-refractivity contribution >= 4 is 17.3 Å².